The second kappa shape index (κ2) is 6.20. The lowest BCUT2D eigenvalue weighted by Gasteiger charge is -2.19. The van der Waals surface area contributed by atoms with Crippen LogP contribution in [0.15, 0.2) is 5.38 Å². The summed E-state index contributed by atoms with van der Waals surface area (Å²) in [4.78, 5) is 6.68. The summed E-state index contributed by atoms with van der Waals surface area (Å²) < 4.78 is 0. The molecule has 1 aromatic rings. The number of hydrogen-bond acceptors (Lipinski definition) is 4. The van der Waals surface area contributed by atoms with Crippen LogP contribution in [0.2, 0.25) is 0 Å². The van der Waals surface area contributed by atoms with Gasteiger partial charge in [0.1, 0.15) is 0 Å². The first kappa shape index (κ1) is 12.6. The second-order valence-electron chi connectivity index (χ2n) is 4.10. The van der Waals surface area contributed by atoms with Gasteiger partial charge >= 0.3 is 0 Å². The van der Waals surface area contributed by atoms with Crippen LogP contribution in [0.4, 0.5) is 0 Å². The molecule has 2 N–H and O–H groups in total. The number of nitrogens with zero attached hydrogens (tertiary/aromatic N) is 2. The van der Waals surface area contributed by atoms with E-state index in [0.717, 1.165) is 36.6 Å². The molecule has 0 fully saturated rings. The van der Waals surface area contributed by atoms with Crippen molar-refractivity contribution < 1.29 is 0 Å². The Morgan fingerprint density at radius 2 is 2.33 bits per heavy atom. The van der Waals surface area contributed by atoms with Crippen LogP contribution in [-0.4, -0.2) is 29.5 Å². The van der Waals surface area contributed by atoms with Crippen molar-refractivity contribution in [2.24, 2.45) is 5.73 Å². The Balaban J connectivity index is 2.32. The Hall–Kier alpha value is -0.450. The van der Waals surface area contributed by atoms with Gasteiger partial charge in [0.15, 0.2) is 0 Å². The van der Waals surface area contributed by atoms with E-state index >= 15 is 0 Å². The fraction of sp³-hybridized carbons (Fsp3) is 0.727. The number of rotatable bonds is 6. The molecule has 0 bridgehead atoms. The van der Waals surface area contributed by atoms with Crippen molar-refractivity contribution >= 4 is 11.3 Å². The number of nitrogens with two attached hydrogens (primary N) is 1. The topological polar surface area (TPSA) is 42.1 Å². The van der Waals surface area contributed by atoms with Crippen LogP contribution in [0.5, 0.6) is 0 Å². The molecule has 0 aromatic carbocycles. The zero-order chi connectivity index (χ0) is 11.3. The summed E-state index contributed by atoms with van der Waals surface area (Å²) in [6, 6.07) is 0.291. The summed E-state index contributed by atoms with van der Waals surface area (Å²) in [7, 11) is 2.10. The Labute approximate surface area is 96.3 Å². The van der Waals surface area contributed by atoms with Gasteiger partial charge in [-0.2, -0.15) is 0 Å². The summed E-state index contributed by atoms with van der Waals surface area (Å²) in [5.41, 5.74) is 7.14. The van der Waals surface area contributed by atoms with Gasteiger partial charge in [0.05, 0.1) is 10.7 Å². The van der Waals surface area contributed by atoms with Gasteiger partial charge in [-0.3, -0.25) is 4.90 Å². The van der Waals surface area contributed by atoms with Crippen molar-refractivity contribution in [2.75, 3.05) is 13.6 Å². The van der Waals surface area contributed by atoms with Crippen LogP contribution in [0.1, 0.15) is 30.5 Å². The lowest BCUT2D eigenvalue weighted by Crippen LogP contribution is -2.34. The average Bonchev–Trinajstić information content (AvgIpc) is 2.51. The number of aromatic nitrogens is 1. The zero-order valence-corrected chi connectivity index (χ0v) is 10.7. The van der Waals surface area contributed by atoms with E-state index in [9.17, 15) is 0 Å². The molecule has 1 aromatic heterocycles. The second-order valence-corrected chi connectivity index (χ2v) is 5.17. The summed E-state index contributed by atoms with van der Waals surface area (Å²) in [5.74, 6) is 0. The van der Waals surface area contributed by atoms with Gasteiger partial charge in [0.2, 0.25) is 0 Å². The minimum Gasteiger partial charge on any atom is -0.327 e. The van der Waals surface area contributed by atoms with Crippen molar-refractivity contribution in [2.45, 2.75) is 39.3 Å². The summed E-state index contributed by atoms with van der Waals surface area (Å²) >= 11 is 1.71. The van der Waals surface area contributed by atoms with Gasteiger partial charge < -0.3 is 5.73 Å². The van der Waals surface area contributed by atoms with E-state index in [0.29, 0.717) is 6.04 Å². The minimum absolute atomic E-state index is 0.291. The maximum absolute atomic E-state index is 5.98. The molecule has 1 atom stereocenters. The molecule has 0 aliphatic rings. The molecular weight excluding hydrogens is 206 g/mol. The van der Waals surface area contributed by atoms with Gasteiger partial charge in [0, 0.05) is 24.5 Å². The molecule has 15 heavy (non-hydrogen) atoms. The maximum atomic E-state index is 5.98. The van der Waals surface area contributed by atoms with Crippen LogP contribution in [0.3, 0.4) is 0 Å². The van der Waals surface area contributed by atoms with Crippen molar-refractivity contribution in [3.05, 3.63) is 16.1 Å². The highest BCUT2D eigenvalue weighted by Gasteiger charge is 2.07. The molecule has 0 aliphatic heterocycles. The van der Waals surface area contributed by atoms with E-state index in [-0.39, 0.29) is 0 Å². The quantitative estimate of drug-likeness (QED) is 0.808. The van der Waals surface area contributed by atoms with Crippen molar-refractivity contribution in [3.8, 4) is 0 Å². The first-order valence-electron chi connectivity index (χ1n) is 5.47. The monoisotopic (exact) mass is 227 g/mol. The third-order valence-corrected chi connectivity index (χ3v) is 3.13. The summed E-state index contributed by atoms with van der Waals surface area (Å²) in [6.45, 7) is 6.06. The number of aryl methyl sites for hydroxylation is 1. The lowest BCUT2D eigenvalue weighted by atomic mass is 10.2. The number of hydrogen-bond donors (Lipinski definition) is 1. The highest BCUT2D eigenvalue weighted by molar-refractivity contribution is 7.09. The molecule has 1 unspecified atom stereocenters. The number of likely N-dealkylation sites (N-methyl/N-ethyl adjacent to an activating group) is 1. The predicted octanol–water partition coefficient (Wildman–Crippen LogP) is 2.01. The van der Waals surface area contributed by atoms with E-state index in [4.69, 9.17) is 5.73 Å². The van der Waals surface area contributed by atoms with E-state index in [1.54, 1.807) is 11.3 Å². The fourth-order valence-corrected chi connectivity index (χ4v) is 2.29. The molecule has 0 radical (unpaired) electrons. The number of thiazole rings is 1. The molecule has 86 valence electrons. The van der Waals surface area contributed by atoms with E-state index in [1.807, 2.05) is 6.92 Å². The third kappa shape index (κ3) is 4.73. The van der Waals surface area contributed by atoms with Gasteiger partial charge in [-0.15, -0.1) is 11.3 Å². The van der Waals surface area contributed by atoms with Crippen LogP contribution >= 0.6 is 11.3 Å². The van der Waals surface area contributed by atoms with Gasteiger partial charge in [0.25, 0.3) is 0 Å². The van der Waals surface area contributed by atoms with Crippen molar-refractivity contribution in [1.29, 1.82) is 0 Å². The first-order valence-corrected chi connectivity index (χ1v) is 6.35. The van der Waals surface area contributed by atoms with E-state index in [1.165, 1.54) is 0 Å². The summed E-state index contributed by atoms with van der Waals surface area (Å²) in [5, 5.41) is 3.26. The largest absolute Gasteiger partial charge is 0.327 e. The van der Waals surface area contributed by atoms with Gasteiger partial charge in [-0.25, -0.2) is 4.98 Å². The van der Waals surface area contributed by atoms with Crippen LogP contribution in [0.25, 0.3) is 0 Å². The molecule has 1 heterocycles. The van der Waals surface area contributed by atoms with Crippen molar-refractivity contribution in [1.82, 2.24) is 9.88 Å². The molecule has 3 nitrogen and oxygen atoms in total. The molecule has 4 heteroatoms. The molecular formula is C11H21N3S. The first-order chi connectivity index (χ1) is 7.11. The molecule has 0 saturated heterocycles. The normalized spacial score (nSPS) is 13.4. The molecule has 0 aliphatic carbocycles. The van der Waals surface area contributed by atoms with Crippen LogP contribution in [0, 0.1) is 6.92 Å². The highest BCUT2D eigenvalue weighted by atomic mass is 32.1. The zero-order valence-electron chi connectivity index (χ0n) is 9.86. The average molecular weight is 227 g/mol. The molecule has 0 amide bonds. The molecule has 0 saturated carbocycles. The van der Waals surface area contributed by atoms with Crippen LogP contribution in [-0.2, 0) is 6.54 Å². The Bertz CT molecular complexity index is 285. The fourth-order valence-electron chi connectivity index (χ4n) is 1.68. The third-order valence-electron chi connectivity index (χ3n) is 2.30. The standard InChI is InChI=1S/C11H21N3S/c1-4-5-10(12)6-14(3)7-11-8-15-9(2)13-11/h8,10H,4-7,12H2,1-3H3. The van der Waals surface area contributed by atoms with Gasteiger partial charge in [-0.05, 0) is 20.4 Å². The highest BCUT2D eigenvalue weighted by Crippen LogP contribution is 2.10. The van der Waals surface area contributed by atoms with Gasteiger partial charge in [-0.1, -0.05) is 13.3 Å². The Kier molecular flexibility index (Phi) is 5.22. The molecule has 1 rings (SSSR count). The van der Waals surface area contributed by atoms with E-state index in [2.05, 4.69) is 29.2 Å². The van der Waals surface area contributed by atoms with Crippen molar-refractivity contribution in [3.63, 3.8) is 0 Å². The van der Waals surface area contributed by atoms with E-state index < -0.39 is 0 Å². The Morgan fingerprint density at radius 1 is 1.60 bits per heavy atom. The SMILES string of the molecule is CCCC(N)CN(C)Cc1csc(C)n1. The minimum atomic E-state index is 0.291. The predicted molar refractivity (Wildman–Crippen MR) is 66.1 cm³/mol. The summed E-state index contributed by atoms with van der Waals surface area (Å²) in [6.07, 6.45) is 2.26. The lowest BCUT2D eigenvalue weighted by molar-refractivity contribution is 0.294. The smallest absolute Gasteiger partial charge is 0.0897 e. The van der Waals surface area contributed by atoms with Crippen LogP contribution < -0.4 is 5.73 Å². The maximum Gasteiger partial charge on any atom is 0.0897 e. The Morgan fingerprint density at radius 3 is 2.87 bits per heavy atom. The molecule has 0 spiro atoms.